The predicted octanol–water partition coefficient (Wildman–Crippen LogP) is 1.25. The third kappa shape index (κ3) is 2.95. The zero-order valence-electron chi connectivity index (χ0n) is 4.54. The van der Waals surface area contributed by atoms with Crippen LogP contribution in [0.1, 0.15) is 0 Å². The molecule has 0 unspecified atom stereocenters. The van der Waals surface area contributed by atoms with Crippen LogP contribution in [0, 0.1) is 0 Å². The Bertz CT molecular complexity index is 167. The highest BCUT2D eigenvalue weighted by Gasteiger charge is 2.15. The first-order valence-corrected chi connectivity index (χ1v) is 5.60. The monoisotopic (exact) mass is 209 g/mol. The summed E-state index contributed by atoms with van der Waals surface area (Å²) in [5.74, 6) is 0. The lowest BCUT2D eigenvalue weighted by molar-refractivity contribution is 0.570. The van der Waals surface area contributed by atoms with E-state index in [0.29, 0.717) is 11.2 Å². The number of hydrogen-bond donors (Lipinski definition) is 0. The van der Waals surface area contributed by atoms with Gasteiger partial charge in [-0.15, -0.1) is 15.3 Å². The normalized spacial score (nSPS) is 12.4. The zero-order chi connectivity index (χ0) is 7.49. The standard InChI is InChI=1S/C2H5Cl2NO2S2/c1-5(8-4)9(6,7)2-3/h2H2,1H3. The lowest BCUT2D eigenvalue weighted by atomic mass is 11.6. The fourth-order valence-electron chi connectivity index (χ4n) is 0.112. The van der Waals surface area contributed by atoms with Crippen molar-refractivity contribution in [2.75, 3.05) is 12.3 Å². The molecule has 56 valence electrons. The van der Waals surface area contributed by atoms with Gasteiger partial charge < -0.3 is 0 Å². The van der Waals surface area contributed by atoms with Gasteiger partial charge in [-0.25, -0.2) is 8.42 Å². The van der Waals surface area contributed by atoms with Gasteiger partial charge in [0.1, 0.15) is 5.21 Å². The van der Waals surface area contributed by atoms with Crippen molar-refractivity contribution in [3.8, 4) is 0 Å². The van der Waals surface area contributed by atoms with Crippen molar-refractivity contribution in [1.29, 1.82) is 0 Å². The molecular formula is C2H5Cl2NO2S2. The van der Waals surface area contributed by atoms with Gasteiger partial charge in [0.05, 0.1) is 0 Å². The van der Waals surface area contributed by atoms with E-state index in [1.54, 1.807) is 0 Å². The highest BCUT2D eigenvalue weighted by Crippen LogP contribution is 2.16. The van der Waals surface area contributed by atoms with Gasteiger partial charge in [0.15, 0.2) is 0 Å². The fourth-order valence-corrected chi connectivity index (χ4v) is 2.14. The van der Waals surface area contributed by atoms with Gasteiger partial charge in [0.25, 0.3) is 0 Å². The Labute approximate surface area is 68.0 Å². The van der Waals surface area contributed by atoms with E-state index in [-0.39, 0.29) is 0 Å². The van der Waals surface area contributed by atoms with Crippen molar-refractivity contribution in [3.05, 3.63) is 0 Å². The largest absolute Gasteiger partial charge is 0.238 e. The molecule has 0 heterocycles. The lowest BCUT2D eigenvalue weighted by Crippen LogP contribution is -2.19. The number of nitrogens with zero attached hydrogens (tertiary/aromatic N) is 1. The van der Waals surface area contributed by atoms with Crippen molar-refractivity contribution in [3.63, 3.8) is 0 Å². The third-order valence-electron chi connectivity index (χ3n) is 0.627. The maximum Gasteiger partial charge on any atom is 0.238 e. The topological polar surface area (TPSA) is 37.4 Å². The summed E-state index contributed by atoms with van der Waals surface area (Å²) in [7, 11) is 3.13. The van der Waals surface area contributed by atoms with E-state index in [0.717, 1.165) is 3.71 Å². The van der Waals surface area contributed by atoms with Crippen LogP contribution in [0.4, 0.5) is 0 Å². The minimum Gasteiger partial charge on any atom is -0.210 e. The first kappa shape index (κ1) is 9.84. The van der Waals surface area contributed by atoms with Crippen molar-refractivity contribution in [2.24, 2.45) is 0 Å². The number of rotatable bonds is 3. The number of halogens is 2. The molecule has 0 radical (unpaired) electrons. The Hall–Kier alpha value is 0.840. The van der Waals surface area contributed by atoms with Crippen molar-refractivity contribution in [2.45, 2.75) is 0 Å². The van der Waals surface area contributed by atoms with Crippen LogP contribution >= 0.6 is 33.4 Å². The van der Waals surface area contributed by atoms with Gasteiger partial charge >= 0.3 is 0 Å². The molecule has 0 fully saturated rings. The van der Waals surface area contributed by atoms with Gasteiger partial charge in [-0.1, -0.05) is 0 Å². The summed E-state index contributed by atoms with van der Waals surface area (Å²) >= 11 is 5.65. The molecule has 0 bridgehead atoms. The second-order valence-electron chi connectivity index (χ2n) is 1.20. The van der Waals surface area contributed by atoms with Crippen molar-refractivity contribution >= 4 is 43.5 Å². The Kier molecular flexibility index (Phi) is 4.24. The van der Waals surface area contributed by atoms with Crippen molar-refractivity contribution in [1.82, 2.24) is 3.71 Å². The van der Waals surface area contributed by atoms with E-state index in [9.17, 15) is 8.42 Å². The minimum atomic E-state index is -3.32. The van der Waals surface area contributed by atoms with Crippen LogP contribution in [0.15, 0.2) is 0 Å². The smallest absolute Gasteiger partial charge is 0.210 e. The Morgan fingerprint density at radius 2 is 2.11 bits per heavy atom. The lowest BCUT2D eigenvalue weighted by Gasteiger charge is -2.07. The minimum absolute atomic E-state index is 0.441. The van der Waals surface area contributed by atoms with Crippen LogP contribution in [0.5, 0.6) is 0 Å². The molecular weight excluding hydrogens is 205 g/mol. The SMILES string of the molecule is CN(SCl)S(=O)(=O)CCl. The molecule has 0 amide bonds. The van der Waals surface area contributed by atoms with E-state index < -0.39 is 15.2 Å². The van der Waals surface area contributed by atoms with Crippen LogP contribution in [0.3, 0.4) is 0 Å². The summed E-state index contributed by atoms with van der Waals surface area (Å²) in [6, 6.07) is 0. The van der Waals surface area contributed by atoms with Gasteiger partial charge in [-0.3, -0.25) is 0 Å². The first-order chi connectivity index (χ1) is 4.04. The molecule has 0 aliphatic heterocycles. The third-order valence-corrected chi connectivity index (χ3v) is 4.48. The Morgan fingerprint density at radius 1 is 1.67 bits per heavy atom. The molecule has 0 aromatic carbocycles. The molecule has 0 aliphatic rings. The van der Waals surface area contributed by atoms with Gasteiger partial charge in [0.2, 0.25) is 10.0 Å². The second-order valence-corrected chi connectivity index (χ2v) is 5.12. The van der Waals surface area contributed by atoms with Crippen molar-refractivity contribution < 1.29 is 8.42 Å². The molecule has 0 N–H and O–H groups in total. The number of hydrogen-bond acceptors (Lipinski definition) is 3. The first-order valence-electron chi connectivity index (χ1n) is 1.86. The average Bonchev–Trinajstić information content (AvgIpc) is 1.86. The van der Waals surface area contributed by atoms with E-state index >= 15 is 0 Å². The maximum atomic E-state index is 10.6. The Morgan fingerprint density at radius 3 is 2.22 bits per heavy atom. The fraction of sp³-hybridized carbons (Fsp3) is 1.00. The molecule has 0 saturated carbocycles. The molecule has 0 spiro atoms. The summed E-state index contributed by atoms with van der Waals surface area (Å²) in [6.45, 7) is 0. The van der Waals surface area contributed by atoms with Crippen LogP contribution < -0.4 is 0 Å². The second kappa shape index (κ2) is 3.88. The molecule has 0 saturated heterocycles. The summed E-state index contributed by atoms with van der Waals surface area (Å²) in [6.07, 6.45) is 0. The van der Waals surface area contributed by atoms with E-state index in [2.05, 4.69) is 0 Å². The van der Waals surface area contributed by atoms with Gasteiger partial charge in [-0.2, -0.15) is 0 Å². The molecule has 3 nitrogen and oxygen atoms in total. The number of sulfonamides is 1. The van der Waals surface area contributed by atoms with Crippen LogP contribution in [0.2, 0.25) is 0 Å². The summed E-state index contributed by atoms with van der Waals surface area (Å²) in [4.78, 5) is 0. The van der Waals surface area contributed by atoms with Crippen LogP contribution in [-0.2, 0) is 10.0 Å². The molecule has 7 heteroatoms. The quantitative estimate of drug-likeness (QED) is 0.519. The number of alkyl halides is 1. The van der Waals surface area contributed by atoms with Crippen LogP contribution in [-0.4, -0.2) is 24.4 Å². The highest BCUT2D eigenvalue weighted by molar-refractivity contribution is 8.24. The maximum absolute atomic E-state index is 10.6. The zero-order valence-corrected chi connectivity index (χ0v) is 7.69. The summed E-state index contributed by atoms with van der Waals surface area (Å²) in [5.41, 5.74) is 0. The summed E-state index contributed by atoms with van der Waals surface area (Å²) in [5, 5.41) is -0.441. The molecule has 0 aromatic rings. The molecule has 9 heavy (non-hydrogen) atoms. The Balaban J connectivity index is 4.17. The predicted molar refractivity (Wildman–Crippen MR) is 40.8 cm³/mol. The van der Waals surface area contributed by atoms with E-state index in [4.69, 9.17) is 22.3 Å². The van der Waals surface area contributed by atoms with E-state index in [1.165, 1.54) is 7.05 Å². The van der Waals surface area contributed by atoms with Gasteiger partial charge in [0, 0.05) is 18.2 Å². The van der Waals surface area contributed by atoms with Crippen LogP contribution in [0.25, 0.3) is 0 Å². The molecule has 0 atom stereocenters. The summed E-state index contributed by atoms with van der Waals surface area (Å²) < 4.78 is 22.1. The molecule has 0 aromatic heterocycles. The highest BCUT2D eigenvalue weighted by atomic mass is 35.7. The van der Waals surface area contributed by atoms with Gasteiger partial charge in [-0.05, 0) is 10.7 Å². The molecule has 0 aliphatic carbocycles. The molecule has 0 rings (SSSR count). The average molecular weight is 210 g/mol. The van der Waals surface area contributed by atoms with E-state index in [1.807, 2.05) is 0 Å².